The smallest absolute Gasteiger partial charge is 0.294 e. The molecular formula is C13H9ClFNO4S. The van der Waals surface area contributed by atoms with Crippen molar-refractivity contribution in [1.29, 1.82) is 0 Å². The highest BCUT2D eigenvalue weighted by molar-refractivity contribution is 7.85. The van der Waals surface area contributed by atoms with Crippen LogP contribution in [0, 0.1) is 5.82 Å². The Balaban J connectivity index is 2.31. The molecule has 0 atom stereocenters. The van der Waals surface area contributed by atoms with Crippen molar-refractivity contribution in [1.82, 2.24) is 0 Å². The van der Waals surface area contributed by atoms with Gasteiger partial charge in [-0.25, -0.2) is 4.39 Å². The number of halogens is 2. The molecule has 2 rings (SSSR count). The molecule has 0 spiro atoms. The molecule has 2 N–H and O–H groups in total. The molecule has 5 nitrogen and oxygen atoms in total. The van der Waals surface area contributed by atoms with Gasteiger partial charge in [0.15, 0.2) is 0 Å². The number of nitrogens with one attached hydrogen (secondary N) is 1. The van der Waals surface area contributed by atoms with Gasteiger partial charge >= 0.3 is 0 Å². The molecule has 0 aromatic heterocycles. The minimum absolute atomic E-state index is 0.0149. The summed E-state index contributed by atoms with van der Waals surface area (Å²) in [6, 6.07) is 8.13. The van der Waals surface area contributed by atoms with Gasteiger partial charge in [0.2, 0.25) is 0 Å². The van der Waals surface area contributed by atoms with Crippen molar-refractivity contribution < 1.29 is 22.2 Å². The molecule has 0 radical (unpaired) electrons. The highest BCUT2D eigenvalue weighted by Crippen LogP contribution is 2.25. The van der Waals surface area contributed by atoms with Crippen molar-refractivity contribution in [3.05, 3.63) is 58.9 Å². The van der Waals surface area contributed by atoms with E-state index < -0.39 is 26.7 Å². The summed E-state index contributed by atoms with van der Waals surface area (Å²) in [6.45, 7) is 0. The summed E-state index contributed by atoms with van der Waals surface area (Å²) < 4.78 is 43.8. The van der Waals surface area contributed by atoms with Gasteiger partial charge in [-0.15, -0.1) is 0 Å². The molecule has 110 valence electrons. The molecule has 0 saturated carbocycles. The van der Waals surface area contributed by atoms with Crippen LogP contribution in [-0.2, 0) is 10.1 Å². The Bertz CT molecular complexity index is 790. The van der Waals surface area contributed by atoms with Gasteiger partial charge < -0.3 is 5.32 Å². The monoisotopic (exact) mass is 329 g/mol. The molecule has 2 aromatic rings. The van der Waals surface area contributed by atoms with Crippen molar-refractivity contribution in [3.8, 4) is 0 Å². The first-order chi connectivity index (χ1) is 9.77. The molecule has 2 aromatic carbocycles. The van der Waals surface area contributed by atoms with E-state index in [-0.39, 0.29) is 16.3 Å². The van der Waals surface area contributed by atoms with Crippen molar-refractivity contribution in [2.24, 2.45) is 0 Å². The first-order valence-corrected chi connectivity index (χ1v) is 7.43. The van der Waals surface area contributed by atoms with Crippen LogP contribution in [-0.4, -0.2) is 18.9 Å². The average Bonchev–Trinajstić information content (AvgIpc) is 2.40. The van der Waals surface area contributed by atoms with Crippen LogP contribution < -0.4 is 5.32 Å². The SMILES string of the molecule is O=C(Nc1cc(S(=O)(=O)O)ccc1Cl)c1ccc(F)cc1. The van der Waals surface area contributed by atoms with Crippen molar-refractivity contribution in [2.45, 2.75) is 4.90 Å². The van der Waals surface area contributed by atoms with Crippen LogP contribution in [0.3, 0.4) is 0 Å². The zero-order chi connectivity index (χ0) is 15.6. The molecule has 0 aliphatic carbocycles. The Kier molecular flexibility index (Phi) is 4.26. The minimum Gasteiger partial charge on any atom is -0.321 e. The maximum Gasteiger partial charge on any atom is 0.294 e. The first kappa shape index (κ1) is 15.4. The number of benzene rings is 2. The second kappa shape index (κ2) is 5.80. The number of carbonyl (C=O) groups is 1. The molecule has 0 heterocycles. The summed E-state index contributed by atoms with van der Waals surface area (Å²) in [5.74, 6) is -1.08. The minimum atomic E-state index is -4.41. The Hall–Kier alpha value is -1.96. The maximum absolute atomic E-state index is 12.8. The van der Waals surface area contributed by atoms with E-state index in [9.17, 15) is 17.6 Å². The predicted octanol–water partition coefficient (Wildman–Crippen LogP) is 2.98. The van der Waals surface area contributed by atoms with E-state index in [1.807, 2.05) is 0 Å². The Morgan fingerprint density at radius 2 is 1.76 bits per heavy atom. The second-order valence-corrected chi connectivity index (χ2v) is 5.91. The molecule has 0 saturated heterocycles. The van der Waals surface area contributed by atoms with Crippen LogP contribution in [0.15, 0.2) is 47.4 Å². The van der Waals surface area contributed by atoms with Crippen LogP contribution in [0.25, 0.3) is 0 Å². The van der Waals surface area contributed by atoms with Crippen LogP contribution in [0.1, 0.15) is 10.4 Å². The number of hydrogen-bond donors (Lipinski definition) is 2. The standard InChI is InChI=1S/C13H9ClFNO4S/c14-11-6-5-10(21(18,19)20)7-12(11)16-13(17)8-1-3-9(15)4-2-8/h1-7H,(H,16,17)(H,18,19,20). The fourth-order valence-electron chi connectivity index (χ4n) is 1.56. The lowest BCUT2D eigenvalue weighted by Gasteiger charge is -2.08. The van der Waals surface area contributed by atoms with Gasteiger partial charge in [0, 0.05) is 5.56 Å². The molecule has 0 fully saturated rings. The summed E-state index contributed by atoms with van der Waals surface area (Å²) in [6.07, 6.45) is 0. The number of hydrogen-bond acceptors (Lipinski definition) is 3. The normalized spacial score (nSPS) is 11.2. The van der Waals surface area contributed by atoms with Gasteiger partial charge in [0.25, 0.3) is 16.0 Å². The van der Waals surface area contributed by atoms with E-state index in [1.54, 1.807) is 0 Å². The largest absolute Gasteiger partial charge is 0.321 e. The lowest BCUT2D eigenvalue weighted by Crippen LogP contribution is -2.12. The second-order valence-electron chi connectivity index (χ2n) is 4.08. The quantitative estimate of drug-likeness (QED) is 0.848. The van der Waals surface area contributed by atoms with E-state index in [4.69, 9.17) is 16.2 Å². The Morgan fingerprint density at radius 3 is 2.33 bits per heavy atom. The van der Waals surface area contributed by atoms with Crippen LogP contribution in [0.4, 0.5) is 10.1 Å². The van der Waals surface area contributed by atoms with Gasteiger partial charge in [-0.2, -0.15) is 8.42 Å². The van der Waals surface area contributed by atoms with Gasteiger partial charge in [-0.1, -0.05) is 11.6 Å². The van der Waals surface area contributed by atoms with Gasteiger partial charge in [-0.05, 0) is 42.5 Å². The van der Waals surface area contributed by atoms with E-state index in [1.165, 1.54) is 18.2 Å². The van der Waals surface area contributed by atoms with E-state index >= 15 is 0 Å². The third kappa shape index (κ3) is 3.78. The van der Waals surface area contributed by atoms with Gasteiger partial charge in [-0.3, -0.25) is 9.35 Å². The zero-order valence-corrected chi connectivity index (χ0v) is 12.0. The summed E-state index contributed by atoms with van der Waals surface area (Å²) in [5, 5.41) is 2.48. The van der Waals surface area contributed by atoms with Crippen LogP contribution in [0.5, 0.6) is 0 Å². The fraction of sp³-hybridized carbons (Fsp3) is 0. The molecule has 8 heteroatoms. The first-order valence-electron chi connectivity index (χ1n) is 5.61. The molecule has 21 heavy (non-hydrogen) atoms. The van der Waals surface area contributed by atoms with Gasteiger partial charge in [0.1, 0.15) is 5.82 Å². The molecule has 0 unspecified atom stereocenters. The third-order valence-electron chi connectivity index (χ3n) is 2.59. The maximum atomic E-state index is 12.8. The van der Waals surface area contributed by atoms with Crippen molar-refractivity contribution in [2.75, 3.05) is 5.32 Å². The van der Waals surface area contributed by atoms with E-state index in [2.05, 4.69) is 5.32 Å². The van der Waals surface area contributed by atoms with Gasteiger partial charge in [0.05, 0.1) is 15.6 Å². The molecular weight excluding hydrogens is 321 g/mol. The topological polar surface area (TPSA) is 83.5 Å². The Labute approximate surface area is 125 Å². The molecule has 0 aliphatic rings. The predicted molar refractivity (Wildman–Crippen MR) is 75.6 cm³/mol. The summed E-state index contributed by atoms with van der Waals surface area (Å²) in [5.41, 5.74) is 0.186. The number of carbonyl (C=O) groups excluding carboxylic acids is 1. The zero-order valence-electron chi connectivity index (χ0n) is 10.4. The molecule has 1 amide bonds. The van der Waals surface area contributed by atoms with Crippen molar-refractivity contribution >= 4 is 33.3 Å². The summed E-state index contributed by atoms with van der Waals surface area (Å²) in [4.78, 5) is 11.5. The van der Waals surface area contributed by atoms with Crippen LogP contribution in [0.2, 0.25) is 5.02 Å². The number of anilines is 1. The number of amides is 1. The lowest BCUT2D eigenvalue weighted by molar-refractivity contribution is 0.102. The molecule has 0 aliphatic heterocycles. The number of rotatable bonds is 3. The average molecular weight is 330 g/mol. The Morgan fingerprint density at radius 1 is 1.14 bits per heavy atom. The summed E-state index contributed by atoms with van der Waals surface area (Å²) >= 11 is 5.85. The highest BCUT2D eigenvalue weighted by atomic mass is 35.5. The fourth-order valence-corrected chi connectivity index (χ4v) is 2.23. The molecule has 0 bridgehead atoms. The van der Waals surface area contributed by atoms with Crippen LogP contribution >= 0.6 is 11.6 Å². The lowest BCUT2D eigenvalue weighted by atomic mass is 10.2. The van der Waals surface area contributed by atoms with Crippen molar-refractivity contribution in [3.63, 3.8) is 0 Å². The third-order valence-corrected chi connectivity index (χ3v) is 3.77. The highest BCUT2D eigenvalue weighted by Gasteiger charge is 2.14. The van der Waals surface area contributed by atoms with E-state index in [0.717, 1.165) is 24.3 Å². The summed E-state index contributed by atoms with van der Waals surface area (Å²) in [7, 11) is -4.41. The van der Waals surface area contributed by atoms with E-state index in [0.29, 0.717) is 0 Å².